The van der Waals surface area contributed by atoms with Crippen LogP contribution in [0.25, 0.3) is 6.08 Å². The van der Waals surface area contributed by atoms with E-state index in [1.165, 1.54) is 6.08 Å². The number of amides is 1. The van der Waals surface area contributed by atoms with Crippen molar-refractivity contribution in [3.63, 3.8) is 0 Å². The molecule has 0 bridgehead atoms. The first-order chi connectivity index (χ1) is 15.3. The Morgan fingerprint density at radius 2 is 1.69 bits per heavy atom. The molecule has 0 aliphatic rings. The summed E-state index contributed by atoms with van der Waals surface area (Å²) >= 11 is 18.9. The van der Waals surface area contributed by atoms with E-state index >= 15 is 0 Å². The fraction of sp³-hybridized carbons (Fsp3) is 0.130. The lowest BCUT2D eigenvalue weighted by molar-refractivity contribution is 0.102. The standard InChI is InChI=1S/C23H19Cl3N2O3S/c1-28(12-13-29)17-9-2-14(3-10-17)4-11-18(30)15-5-7-16(8-6-15)27-23(31)21-19(24)20(25)22(26)32-21/h2-11,29H,12-13H2,1H3,(H,27,31)/b11-4+. The molecule has 0 atom stereocenters. The molecule has 2 N–H and O–H groups in total. The number of aliphatic hydroxyl groups is 1. The molecule has 9 heteroatoms. The average molecular weight is 510 g/mol. The van der Waals surface area contributed by atoms with E-state index in [1.54, 1.807) is 30.3 Å². The lowest BCUT2D eigenvalue weighted by atomic mass is 10.1. The molecule has 3 aromatic rings. The zero-order valence-corrected chi connectivity index (χ0v) is 20.0. The van der Waals surface area contributed by atoms with E-state index in [4.69, 9.17) is 39.9 Å². The Bertz CT molecular complexity index is 1140. The van der Waals surface area contributed by atoms with E-state index in [1.807, 2.05) is 36.2 Å². The Morgan fingerprint density at radius 1 is 1.03 bits per heavy atom. The number of rotatable bonds is 8. The molecule has 1 aromatic heterocycles. The Labute approximate surface area is 204 Å². The van der Waals surface area contributed by atoms with Crippen LogP contribution in [0.15, 0.2) is 54.6 Å². The van der Waals surface area contributed by atoms with Crippen molar-refractivity contribution >= 4 is 75.3 Å². The zero-order valence-electron chi connectivity index (χ0n) is 16.9. The van der Waals surface area contributed by atoms with Crippen LogP contribution in [-0.4, -0.2) is 37.0 Å². The quantitative estimate of drug-likeness (QED) is 0.277. The molecular weight excluding hydrogens is 491 g/mol. The molecule has 32 heavy (non-hydrogen) atoms. The van der Waals surface area contributed by atoms with E-state index in [0.717, 1.165) is 22.6 Å². The van der Waals surface area contributed by atoms with E-state index in [0.29, 0.717) is 17.8 Å². The second-order valence-corrected chi connectivity index (χ2v) is 9.18. The number of nitrogens with zero attached hydrogens (tertiary/aromatic N) is 1. The third-order valence-electron chi connectivity index (χ3n) is 4.59. The molecule has 0 saturated heterocycles. The fourth-order valence-electron chi connectivity index (χ4n) is 2.80. The normalized spacial score (nSPS) is 11.0. The number of carbonyl (C=O) groups excluding carboxylic acids is 2. The Hall–Kier alpha value is -2.35. The van der Waals surface area contributed by atoms with Gasteiger partial charge in [-0.05, 0) is 48.0 Å². The number of carbonyl (C=O) groups is 2. The number of benzene rings is 2. The van der Waals surface area contributed by atoms with Gasteiger partial charge in [0.1, 0.15) is 9.21 Å². The highest BCUT2D eigenvalue weighted by Gasteiger charge is 2.20. The van der Waals surface area contributed by atoms with Crippen molar-refractivity contribution in [2.45, 2.75) is 0 Å². The summed E-state index contributed by atoms with van der Waals surface area (Å²) in [5.41, 5.74) is 2.86. The number of hydrogen-bond donors (Lipinski definition) is 2. The third kappa shape index (κ3) is 5.91. The summed E-state index contributed by atoms with van der Waals surface area (Å²) in [7, 11) is 1.90. The Kier molecular flexibility index (Phi) is 8.34. The molecule has 0 aliphatic carbocycles. The van der Waals surface area contributed by atoms with Crippen LogP contribution < -0.4 is 10.2 Å². The van der Waals surface area contributed by atoms with Crippen LogP contribution in [0.2, 0.25) is 14.4 Å². The summed E-state index contributed by atoms with van der Waals surface area (Å²) in [6.07, 6.45) is 3.23. The van der Waals surface area contributed by atoms with Crippen LogP contribution in [0.5, 0.6) is 0 Å². The molecule has 1 heterocycles. The number of likely N-dealkylation sites (N-methyl/N-ethyl adjacent to an activating group) is 1. The van der Waals surface area contributed by atoms with E-state index in [2.05, 4.69) is 5.32 Å². The van der Waals surface area contributed by atoms with Crippen LogP contribution >= 0.6 is 46.1 Å². The molecule has 166 valence electrons. The molecule has 1 amide bonds. The van der Waals surface area contributed by atoms with Gasteiger partial charge in [-0.15, -0.1) is 11.3 Å². The SMILES string of the molecule is CN(CCO)c1ccc(/C=C/C(=O)c2ccc(NC(=O)c3sc(Cl)c(Cl)c3Cl)cc2)cc1. The highest BCUT2D eigenvalue weighted by Crippen LogP contribution is 2.40. The highest BCUT2D eigenvalue weighted by atomic mass is 35.5. The number of nitrogens with one attached hydrogen (secondary N) is 1. The first-order valence-electron chi connectivity index (χ1n) is 9.49. The van der Waals surface area contributed by atoms with Crippen LogP contribution in [-0.2, 0) is 0 Å². The Morgan fingerprint density at radius 3 is 2.25 bits per heavy atom. The van der Waals surface area contributed by atoms with Gasteiger partial charge in [-0.3, -0.25) is 9.59 Å². The molecule has 0 radical (unpaired) electrons. The maximum absolute atomic E-state index is 12.5. The van der Waals surface area contributed by atoms with Crippen molar-refractivity contribution < 1.29 is 14.7 Å². The van der Waals surface area contributed by atoms with Gasteiger partial charge in [0.25, 0.3) is 5.91 Å². The molecule has 0 unspecified atom stereocenters. The van der Waals surface area contributed by atoms with Crippen molar-refractivity contribution in [1.82, 2.24) is 0 Å². The van der Waals surface area contributed by atoms with Gasteiger partial charge in [-0.2, -0.15) is 0 Å². The van der Waals surface area contributed by atoms with Gasteiger partial charge in [0.05, 0.1) is 16.7 Å². The summed E-state index contributed by atoms with van der Waals surface area (Å²) in [6, 6.07) is 14.2. The van der Waals surface area contributed by atoms with Crippen LogP contribution in [0.4, 0.5) is 11.4 Å². The van der Waals surface area contributed by atoms with Gasteiger partial charge >= 0.3 is 0 Å². The average Bonchev–Trinajstić information content (AvgIpc) is 3.06. The van der Waals surface area contributed by atoms with Crippen molar-refractivity contribution in [1.29, 1.82) is 0 Å². The lowest BCUT2D eigenvalue weighted by Crippen LogP contribution is -2.20. The fourth-order valence-corrected chi connectivity index (χ4v) is 4.50. The summed E-state index contributed by atoms with van der Waals surface area (Å²) in [5.74, 6) is -0.593. The molecule has 3 rings (SSSR count). The van der Waals surface area contributed by atoms with Gasteiger partial charge in [0.2, 0.25) is 0 Å². The molecule has 0 fully saturated rings. The maximum atomic E-state index is 12.5. The summed E-state index contributed by atoms with van der Waals surface area (Å²) in [5, 5.41) is 12.0. The van der Waals surface area contributed by atoms with E-state index in [-0.39, 0.29) is 31.6 Å². The van der Waals surface area contributed by atoms with Crippen molar-refractivity contribution in [3.8, 4) is 0 Å². The summed E-state index contributed by atoms with van der Waals surface area (Å²) in [4.78, 5) is 27.0. The molecule has 2 aromatic carbocycles. The number of aliphatic hydroxyl groups excluding tert-OH is 1. The predicted molar refractivity (Wildman–Crippen MR) is 134 cm³/mol. The van der Waals surface area contributed by atoms with E-state index in [9.17, 15) is 9.59 Å². The van der Waals surface area contributed by atoms with Crippen molar-refractivity contribution in [3.05, 3.63) is 85.0 Å². The smallest absolute Gasteiger partial charge is 0.267 e. The molecule has 0 saturated carbocycles. The van der Waals surface area contributed by atoms with Crippen molar-refractivity contribution in [2.75, 3.05) is 30.4 Å². The minimum Gasteiger partial charge on any atom is -0.395 e. The third-order valence-corrected chi connectivity index (χ3v) is 7.16. The largest absolute Gasteiger partial charge is 0.395 e. The first kappa shape index (κ1) is 24.3. The number of anilines is 2. The summed E-state index contributed by atoms with van der Waals surface area (Å²) in [6.45, 7) is 0.631. The molecule has 5 nitrogen and oxygen atoms in total. The number of allylic oxidation sites excluding steroid dienone is 1. The van der Waals surface area contributed by atoms with Gasteiger partial charge < -0.3 is 15.3 Å². The molecular formula is C23H19Cl3N2O3S. The van der Waals surface area contributed by atoms with E-state index < -0.39 is 5.91 Å². The maximum Gasteiger partial charge on any atom is 0.267 e. The molecule has 0 spiro atoms. The topological polar surface area (TPSA) is 69.6 Å². The molecule has 0 aliphatic heterocycles. The first-order valence-corrected chi connectivity index (χ1v) is 11.4. The zero-order chi connectivity index (χ0) is 23.3. The minimum atomic E-state index is -0.430. The van der Waals surface area contributed by atoms with Crippen LogP contribution in [0.3, 0.4) is 0 Å². The van der Waals surface area contributed by atoms with Crippen LogP contribution in [0, 0.1) is 0 Å². The van der Waals surface area contributed by atoms with Gasteiger partial charge in [-0.25, -0.2) is 0 Å². The lowest BCUT2D eigenvalue weighted by Gasteiger charge is -2.17. The Balaban J connectivity index is 1.62. The van der Waals surface area contributed by atoms with Gasteiger partial charge in [0.15, 0.2) is 5.78 Å². The highest BCUT2D eigenvalue weighted by molar-refractivity contribution is 7.19. The predicted octanol–water partition coefficient (Wildman–Crippen LogP) is 6.29. The number of thiophene rings is 1. The second-order valence-electron chi connectivity index (χ2n) is 6.80. The van der Waals surface area contributed by atoms with Gasteiger partial charge in [0, 0.05) is 30.5 Å². The summed E-state index contributed by atoms with van der Waals surface area (Å²) < 4.78 is 0.251. The number of halogens is 3. The minimum absolute atomic E-state index is 0.0829. The van der Waals surface area contributed by atoms with Crippen molar-refractivity contribution in [2.24, 2.45) is 0 Å². The van der Waals surface area contributed by atoms with Gasteiger partial charge in [-0.1, -0.05) is 53.0 Å². The second kappa shape index (κ2) is 11.0. The van der Waals surface area contributed by atoms with Crippen LogP contribution in [0.1, 0.15) is 25.6 Å². The number of ketones is 1. The number of hydrogen-bond acceptors (Lipinski definition) is 5. The monoisotopic (exact) mass is 508 g/mol.